The van der Waals surface area contributed by atoms with Crippen molar-refractivity contribution in [2.24, 2.45) is 0 Å². The Morgan fingerprint density at radius 2 is 2.00 bits per heavy atom. The number of hydrogen-bond acceptors (Lipinski definition) is 3. The number of amides is 1. The van der Waals surface area contributed by atoms with E-state index in [2.05, 4.69) is 27.9 Å². The monoisotopic (exact) mass is 347 g/mol. The maximum atomic E-state index is 11.7. The molecule has 0 unspecified atom stereocenters. The molecule has 0 bridgehead atoms. The maximum absolute atomic E-state index is 11.7. The van der Waals surface area contributed by atoms with Gasteiger partial charge < -0.3 is 10.1 Å². The average molecular weight is 347 g/mol. The van der Waals surface area contributed by atoms with Crippen molar-refractivity contribution in [3.63, 3.8) is 0 Å². The molecule has 17 heavy (non-hydrogen) atoms. The third-order valence-electron chi connectivity index (χ3n) is 1.88. The second kappa shape index (κ2) is 6.58. The summed E-state index contributed by atoms with van der Waals surface area (Å²) in [6.07, 6.45) is -0.170. The number of esters is 1. The zero-order valence-corrected chi connectivity index (χ0v) is 11.9. The van der Waals surface area contributed by atoms with Crippen LogP contribution in [0.15, 0.2) is 24.3 Å². The van der Waals surface area contributed by atoms with Gasteiger partial charge in [-0.1, -0.05) is 12.1 Å². The maximum Gasteiger partial charge on any atom is 0.325 e. The first-order valence-corrected chi connectivity index (χ1v) is 6.30. The molecule has 1 N–H and O–H groups in total. The van der Waals surface area contributed by atoms with Crippen LogP contribution in [0.2, 0.25) is 0 Å². The molecule has 1 aromatic rings. The minimum Gasteiger partial charge on any atom is -0.462 e. The Bertz CT molecular complexity index is 418. The molecule has 5 heteroatoms. The van der Waals surface area contributed by atoms with E-state index in [4.69, 9.17) is 4.74 Å². The number of ether oxygens (including phenoxy) is 1. The lowest BCUT2D eigenvalue weighted by atomic mass is 10.2. The normalized spacial score (nSPS) is 10.1. The van der Waals surface area contributed by atoms with E-state index in [-0.39, 0.29) is 18.6 Å². The van der Waals surface area contributed by atoms with E-state index >= 15 is 0 Å². The minimum absolute atomic E-state index is 0.109. The van der Waals surface area contributed by atoms with E-state index in [1.165, 1.54) is 0 Å². The number of halogens is 1. The predicted molar refractivity (Wildman–Crippen MR) is 72.7 cm³/mol. The van der Waals surface area contributed by atoms with Crippen molar-refractivity contribution in [1.29, 1.82) is 0 Å². The van der Waals surface area contributed by atoms with Gasteiger partial charge in [-0.25, -0.2) is 0 Å². The lowest BCUT2D eigenvalue weighted by molar-refractivity contribution is -0.146. The smallest absolute Gasteiger partial charge is 0.325 e. The Balaban J connectivity index is 2.51. The van der Waals surface area contributed by atoms with Crippen LogP contribution in [0.5, 0.6) is 0 Å². The van der Waals surface area contributed by atoms with Gasteiger partial charge in [0.1, 0.15) is 6.54 Å². The Morgan fingerprint density at radius 1 is 1.35 bits per heavy atom. The molecule has 4 nitrogen and oxygen atoms in total. The van der Waals surface area contributed by atoms with Crippen molar-refractivity contribution in [3.05, 3.63) is 33.4 Å². The first kappa shape index (κ1) is 14.0. The largest absolute Gasteiger partial charge is 0.462 e. The highest BCUT2D eigenvalue weighted by molar-refractivity contribution is 14.1. The van der Waals surface area contributed by atoms with E-state index in [0.29, 0.717) is 5.56 Å². The molecule has 1 amide bonds. The lowest BCUT2D eigenvalue weighted by Gasteiger charge is -2.09. The van der Waals surface area contributed by atoms with Crippen LogP contribution in [0.1, 0.15) is 24.2 Å². The molecule has 0 atom stereocenters. The van der Waals surface area contributed by atoms with Crippen LogP contribution in [0.3, 0.4) is 0 Å². The van der Waals surface area contributed by atoms with Gasteiger partial charge in [-0.3, -0.25) is 9.59 Å². The zero-order valence-electron chi connectivity index (χ0n) is 9.70. The highest BCUT2D eigenvalue weighted by Gasteiger charge is 2.11. The van der Waals surface area contributed by atoms with E-state index < -0.39 is 5.97 Å². The fourth-order valence-corrected chi connectivity index (χ4v) is 1.83. The standard InChI is InChI=1S/C12H14INO3/c1-8(2)17-11(15)7-14-12(16)9-5-3-4-6-10(9)13/h3-6,8H,7H2,1-2H3,(H,14,16). The summed E-state index contributed by atoms with van der Waals surface area (Å²) in [5.74, 6) is -0.699. The third kappa shape index (κ3) is 4.72. The molecule has 1 rings (SSSR count). The quantitative estimate of drug-likeness (QED) is 0.669. The molecule has 0 fully saturated rings. The van der Waals surface area contributed by atoms with Crippen molar-refractivity contribution in [2.75, 3.05) is 6.54 Å². The van der Waals surface area contributed by atoms with Crippen LogP contribution in [-0.4, -0.2) is 24.5 Å². The van der Waals surface area contributed by atoms with E-state index in [9.17, 15) is 9.59 Å². The SMILES string of the molecule is CC(C)OC(=O)CNC(=O)c1ccccc1I. The number of carbonyl (C=O) groups is 2. The molecule has 0 radical (unpaired) electrons. The van der Waals surface area contributed by atoms with Crippen molar-refractivity contribution in [2.45, 2.75) is 20.0 Å². The van der Waals surface area contributed by atoms with Crippen molar-refractivity contribution in [3.8, 4) is 0 Å². The second-order valence-corrected chi connectivity index (χ2v) is 4.86. The van der Waals surface area contributed by atoms with E-state index in [1.807, 2.05) is 12.1 Å². The van der Waals surface area contributed by atoms with Crippen molar-refractivity contribution >= 4 is 34.5 Å². The fraction of sp³-hybridized carbons (Fsp3) is 0.333. The molecule has 92 valence electrons. The van der Waals surface area contributed by atoms with Gasteiger partial charge in [0.15, 0.2) is 0 Å². The molecule has 0 saturated carbocycles. The van der Waals surface area contributed by atoms with Crippen molar-refractivity contribution < 1.29 is 14.3 Å². The summed E-state index contributed by atoms with van der Waals surface area (Å²) in [5, 5.41) is 2.53. The van der Waals surface area contributed by atoms with Crippen LogP contribution >= 0.6 is 22.6 Å². The van der Waals surface area contributed by atoms with Crippen molar-refractivity contribution in [1.82, 2.24) is 5.32 Å². The Morgan fingerprint density at radius 3 is 2.59 bits per heavy atom. The minimum atomic E-state index is -0.431. The summed E-state index contributed by atoms with van der Waals surface area (Å²) in [7, 11) is 0. The van der Waals surface area contributed by atoms with Crippen LogP contribution in [0.25, 0.3) is 0 Å². The number of nitrogens with one attached hydrogen (secondary N) is 1. The molecular weight excluding hydrogens is 333 g/mol. The van der Waals surface area contributed by atoms with Gasteiger partial charge >= 0.3 is 5.97 Å². The predicted octanol–water partition coefficient (Wildman–Crippen LogP) is 1.97. The summed E-state index contributed by atoms with van der Waals surface area (Å²) in [6, 6.07) is 7.18. The molecule has 0 heterocycles. The van der Waals surface area contributed by atoms with Gasteiger partial charge in [0.2, 0.25) is 0 Å². The molecule has 0 aliphatic heterocycles. The summed E-state index contributed by atoms with van der Waals surface area (Å²) in [5.41, 5.74) is 0.561. The van der Waals surface area contributed by atoms with Gasteiger partial charge in [0.25, 0.3) is 5.91 Å². The summed E-state index contributed by atoms with van der Waals surface area (Å²) >= 11 is 2.08. The number of benzene rings is 1. The topological polar surface area (TPSA) is 55.4 Å². The van der Waals surface area contributed by atoms with E-state index in [0.717, 1.165) is 3.57 Å². The van der Waals surface area contributed by atoms with Crippen LogP contribution in [0, 0.1) is 3.57 Å². The lowest BCUT2D eigenvalue weighted by Crippen LogP contribution is -2.32. The van der Waals surface area contributed by atoms with Gasteiger partial charge in [0.05, 0.1) is 11.7 Å². The Labute approximate surface area is 114 Å². The van der Waals surface area contributed by atoms with Gasteiger partial charge in [0, 0.05) is 3.57 Å². The molecule has 0 aliphatic rings. The average Bonchev–Trinajstić information content (AvgIpc) is 2.25. The summed E-state index contributed by atoms with van der Waals surface area (Å²) in [6.45, 7) is 3.42. The number of rotatable bonds is 4. The summed E-state index contributed by atoms with van der Waals surface area (Å²) < 4.78 is 5.76. The van der Waals surface area contributed by atoms with Crippen LogP contribution < -0.4 is 5.32 Å². The first-order valence-electron chi connectivity index (χ1n) is 5.23. The highest BCUT2D eigenvalue weighted by Crippen LogP contribution is 2.10. The molecular formula is C12H14INO3. The van der Waals surface area contributed by atoms with E-state index in [1.54, 1.807) is 26.0 Å². The highest BCUT2D eigenvalue weighted by atomic mass is 127. The zero-order chi connectivity index (χ0) is 12.8. The van der Waals surface area contributed by atoms with Gasteiger partial charge in [-0.2, -0.15) is 0 Å². The Kier molecular flexibility index (Phi) is 5.40. The number of hydrogen-bond donors (Lipinski definition) is 1. The molecule has 0 saturated heterocycles. The third-order valence-corrected chi connectivity index (χ3v) is 2.82. The van der Waals surface area contributed by atoms with Crippen LogP contribution in [0.4, 0.5) is 0 Å². The molecule has 0 spiro atoms. The van der Waals surface area contributed by atoms with Gasteiger partial charge in [-0.15, -0.1) is 0 Å². The fourth-order valence-electron chi connectivity index (χ4n) is 1.20. The molecule has 0 aromatic heterocycles. The number of carbonyl (C=O) groups excluding carboxylic acids is 2. The molecule has 1 aromatic carbocycles. The Hall–Kier alpha value is -1.11. The molecule has 0 aliphatic carbocycles. The second-order valence-electron chi connectivity index (χ2n) is 3.70. The van der Waals surface area contributed by atoms with Crippen LogP contribution in [-0.2, 0) is 9.53 Å². The summed E-state index contributed by atoms with van der Waals surface area (Å²) in [4.78, 5) is 23.0. The first-order chi connectivity index (χ1) is 8.00. The van der Waals surface area contributed by atoms with Gasteiger partial charge in [-0.05, 0) is 48.6 Å².